The second kappa shape index (κ2) is 5.67. The highest BCUT2D eigenvalue weighted by molar-refractivity contribution is 7.90. The summed E-state index contributed by atoms with van der Waals surface area (Å²) in [5, 5.41) is 16.0. The molecule has 0 aromatic carbocycles. The van der Waals surface area contributed by atoms with Gasteiger partial charge in [-0.25, -0.2) is 12.7 Å². The van der Waals surface area contributed by atoms with Crippen LogP contribution in [0, 0.1) is 10.1 Å². The summed E-state index contributed by atoms with van der Waals surface area (Å²) in [6.07, 6.45) is 4.39. The molecular formula is C13H17N5O4S2. The Morgan fingerprint density at radius 1 is 1.29 bits per heavy atom. The van der Waals surface area contributed by atoms with Crippen molar-refractivity contribution in [2.45, 2.75) is 37.0 Å². The summed E-state index contributed by atoms with van der Waals surface area (Å²) in [4.78, 5) is 15.7. The SMILES string of the molecule is O=[N+]([O-])c1c(NC2CCN(S(=O)(=O)C3CC3)CC2)nc2sccn12. The van der Waals surface area contributed by atoms with E-state index in [4.69, 9.17) is 0 Å². The molecule has 24 heavy (non-hydrogen) atoms. The van der Waals surface area contributed by atoms with E-state index in [0.717, 1.165) is 12.8 Å². The zero-order valence-corrected chi connectivity index (χ0v) is 14.4. The van der Waals surface area contributed by atoms with Crippen LogP contribution < -0.4 is 5.32 Å². The van der Waals surface area contributed by atoms with Gasteiger partial charge in [0, 0.05) is 24.5 Å². The van der Waals surface area contributed by atoms with Gasteiger partial charge in [0.25, 0.3) is 4.96 Å². The van der Waals surface area contributed by atoms with Crippen LogP contribution in [0.4, 0.5) is 11.6 Å². The second-order valence-electron chi connectivity index (χ2n) is 6.16. The van der Waals surface area contributed by atoms with E-state index < -0.39 is 14.9 Å². The fraction of sp³-hybridized carbons (Fsp3) is 0.615. The van der Waals surface area contributed by atoms with Crippen molar-refractivity contribution in [1.82, 2.24) is 13.7 Å². The lowest BCUT2D eigenvalue weighted by molar-refractivity contribution is -0.389. The van der Waals surface area contributed by atoms with E-state index in [9.17, 15) is 18.5 Å². The summed E-state index contributed by atoms with van der Waals surface area (Å²) in [7, 11) is -3.14. The number of rotatable bonds is 5. The van der Waals surface area contributed by atoms with Crippen LogP contribution in [0.3, 0.4) is 0 Å². The average molecular weight is 371 g/mol. The van der Waals surface area contributed by atoms with Crippen molar-refractivity contribution in [2.24, 2.45) is 0 Å². The molecule has 4 rings (SSSR count). The number of fused-ring (bicyclic) bond motifs is 1. The van der Waals surface area contributed by atoms with Crippen LogP contribution in [0.15, 0.2) is 11.6 Å². The maximum atomic E-state index is 12.2. The number of anilines is 1. The molecule has 2 aliphatic rings. The normalized spacial score (nSPS) is 20.5. The van der Waals surface area contributed by atoms with Gasteiger partial charge < -0.3 is 15.4 Å². The van der Waals surface area contributed by atoms with Crippen molar-refractivity contribution >= 4 is 38.0 Å². The van der Waals surface area contributed by atoms with Gasteiger partial charge in [0.2, 0.25) is 15.8 Å². The van der Waals surface area contributed by atoms with Crippen LogP contribution in [0.1, 0.15) is 25.7 Å². The number of nitrogens with one attached hydrogen (secondary N) is 1. The highest BCUT2D eigenvalue weighted by Crippen LogP contribution is 2.33. The number of nitrogens with zero attached hydrogens (tertiary/aromatic N) is 4. The van der Waals surface area contributed by atoms with Gasteiger partial charge in [-0.3, -0.25) is 0 Å². The molecule has 0 amide bonds. The minimum atomic E-state index is -3.14. The number of hydrogen-bond donors (Lipinski definition) is 1. The Labute approximate surface area is 142 Å². The summed E-state index contributed by atoms with van der Waals surface area (Å²) in [5.41, 5.74) is 0. The molecule has 11 heteroatoms. The monoisotopic (exact) mass is 371 g/mol. The third-order valence-electron chi connectivity index (χ3n) is 4.51. The van der Waals surface area contributed by atoms with Gasteiger partial charge in [0.15, 0.2) is 0 Å². The standard InChI is InChI=1S/C13H17N5O4S2/c19-18(20)12-11(15-13-17(12)7-8-23-13)14-9-3-5-16(6-4-9)24(21,22)10-1-2-10/h7-10,14H,1-6H2. The van der Waals surface area contributed by atoms with E-state index in [1.54, 1.807) is 15.9 Å². The first-order chi connectivity index (χ1) is 11.5. The largest absolute Gasteiger partial charge is 0.372 e. The molecule has 130 valence electrons. The Balaban J connectivity index is 1.47. The smallest absolute Gasteiger partial charge is 0.360 e. The molecule has 2 fully saturated rings. The Hall–Kier alpha value is -1.72. The van der Waals surface area contributed by atoms with Gasteiger partial charge >= 0.3 is 5.82 Å². The molecule has 0 unspecified atom stereocenters. The number of nitro groups is 1. The number of imidazole rings is 1. The van der Waals surface area contributed by atoms with Gasteiger partial charge in [0.1, 0.15) is 6.20 Å². The lowest BCUT2D eigenvalue weighted by Crippen LogP contribution is -2.43. The third kappa shape index (κ3) is 2.66. The molecule has 9 nitrogen and oxygen atoms in total. The molecule has 2 aromatic rings. The summed E-state index contributed by atoms with van der Waals surface area (Å²) in [6, 6.07) is -0.0149. The van der Waals surface area contributed by atoms with E-state index in [0.29, 0.717) is 30.9 Å². The van der Waals surface area contributed by atoms with E-state index in [1.165, 1.54) is 15.7 Å². The molecule has 0 atom stereocenters. The van der Waals surface area contributed by atoms with Crippen LogP contribution >= 0.6 is 11.3 Å². The fourth-order valence-corrected chi connectivity index (χ4v) is 5.65. The quantitative estimate of drug-likeness (QED) is 0.632. The highest BCUT2D eigenvalue weighted by atomic mass is 32.2. The number of sulfonamides is 1. The van der Waals surface area contributed by atoms with Gasteiger partial charge in [-0.1, -0.05) is 11.3 Å². The maximum absolute atomic E-state index is 12.2. The number of hydrogen-bond acceptors (Lipinski definition) is 7. The van der Waals surface area contributed by atoms with Crippen LogP contribution in [0.2, 0.25) is 0 Å². The molecule has 1 N–H and O–H groups in total. The van der Waals surface area contributed by atoms with Gasteiger partial charge in [-0.15, -0.1) is 0 Å². The molecule has 0 spiro atoms. The van der Waals surface area contributed by atoms with Crippen molar-refractivity contribution in [3.8, 4) is 0 Å². The van der Waals surface area contributed by atoms with E-state index >= 15 is 0 Å². The Morgan fingerprint density at radius 2 is 2.00 bits per heavy atom. The molecule has 3 heterocycles. The van der Waals surface area contributed by atoms with Crippen LogP contribution in [-0.4, -0.2) is 51.4 Å². The predicted molar refractivity (Wildman–Crippen MR) is 89.9 cm³/mol. The van der Waals surface area contributed by atoms with Gasteiger partial charge in [0.05, 0.1) is 5.25 Å². The van der Waals surface area contributed by atoms with Crippen molar-refractivity contribution in [3.05, 3.63) is 21.7 Å². The maximum Gasteiger partial charge on any atom is 0.372 e. The third-order valence-corrected chi connectivity index (χ3v) is 7.67. The molecule has 1 aliphatic heterocycles. The van der Waals surface area contributed by atoms with Crippen molar-refractivity contribution in [2.75, 3.05) is 18.4 Å². The van der Waals surface area contributed by atoms with E-state index in [-0.39, 0.29) is 22.9 Å². The Morgan fingerprint density at radius 3 is 2.62 bits per heavy atom. The minimum absolute atomic E-state index is 0.0149. The van der Waals surface area contributed by atoms with Crippen molar-refractivity contribution in [1.29, 1.82) is 0 Å². The van der Waals surface area contributed by atoms with Crippen LogP contribution in [0.5, 0.6) is 0 Å². The predicted octanol–water partition coefficient (Wildman–Crippen LogP) is 1.67. The summed E-state index contributed by atoms with van der Waals surface area (Å²) >= 11 is 1.34. The molecule has 2 aromatic heterocycles. The Bertz CT molecular complexity index is 877. The summed E-state index contributed by atoms with van der Waals surface area (Å²) in [6.45, 7) is 0.902. The molecule has 0 bridgehead atoms. The molecule has 0 radical (unpaired) electrons. The second-order valence-corrected chi connectivity index (χ2v) is 9.24. The van der Waals surface area contributed by atoms with Crippen LogP contribution in [-0.2, 0) is 10.0 Å². The Kier molecular flexibility index (Phi) is 3.73. The molecule has 1 saturated heterocycles. The zero-order chi connectivity index (χ0) is 16.9. The van der Waals surface area contributed by atoms with Gasteiger partial charge in [-0.05, 0) is 30.6 Å². The number of thiazole rings is 1. The lowest BCUT2D eigenvalue weighted by Gasteiger charge is -2.31. The van der Waals surface area contributed by atoms with Crippen molar-refractivity contribution in [3.63, 3.8) is 0 Å². The van der Waals surface area contributed by atoms with E-state index in [1.807, 2.05) is 0 Å². The number of aromatic nitrogens is 2. The lowest BCUT2D eigenvalue weighted by atomic mass is 10.1. The first-order valence-corrected chi connectivity index (χ1v) is 10.2. The molecule has 1 saturated carbocycles. The average Bonchev–Trinajstić information content (AvgIpc) is 3.22. The van der Waals surface area contributed by atoms with Crippen molar-refractivity contribution < 1.29 is 13.3 Å². The zero-order valence-electron chi connectivity index (χ0n) is 12.8. The topological polar surface area (TPSA) is 110 Å². The van der Waals surface area contributed by atoms with Crippen LogP contribution in [0.25, 0.3) is 4.96 Å². The number of piperidine rings is 1. The summed E-state index contributed by atoms with van der Waals surface area (Å²) < 4.78 is 27.5. The molecular weight excluding hydrogens is 354 g/mol. The first-order valence-electron chi connectivity index (χ1n) is 7.82. The first kappa shape index (κ1) is 15.8. The molecule has 1 aliphatic carbocycles. The fourth-order valence-electron chi connectivity index (χ4n) is 3.07. The van der Waals surface area contributed by atoms with E-state index in [2.05, 4.69) is 10.3 Å². The summed E-state index contributed by atoms with van der Waals surface area (Å²) in [5.74, 6) is 0.189. The highest BCUT2D eigenvalue weighted by Gasteiger charge is 2.41. The van der Waals surface area contributed by atoms with Gasteiger partial charge in [-0.2, -0.15) is 9.38 Å². The minimum Gasteiger partial charge on any atom is -0.360 e.